The number of nitriles is 1. The summed E-state index contributed by atoms with van der Waals surface area (Å²) in [5.74, 6) is -1.10. The van der Waals surface area contributed by atoms with E-state index in [4.69, 9.17) is 5.26 Å². The predicted octanol–water partition coefficient (Wildman–Crippen LogP) is 2.01. The third-order valence-corrected chi connectivity index (χ3v) is 3.31. The van der Waals surface area contributed by atoms with Crippen LogP contribution in [0.4, 0.5) is 5.69 Å². The van der Waals surface area contributed by atoms with Crippen LogP contribution in [0.5, 0.6) is 0 Å². The van der Waals surface area contributed by atoms with E-state index in [1.165, 1.54) is 0 Å². The van der Waals surface area contributed by atoms with Gasteiger partial charge in [-0.05, 0) is 25.0 Å². The molecule has 1 aromatic heterocycles. The van der Waals surface area contributed by atoms with Gasteiger partial charge in [-0.2, -0.15) is 5.26 Å². The van der Waals surface area contributed by atoms with E-state index in [9.17, 15) is 9.90 Å². The zero-order chi connectivity index (χ0) is 13.0. The highest BCUT2D eigenvalue weighted by atomic mass is 16.4. The minimum atomic E-state index is -0.748. The molecule has 18 heavy (non-hydrogen) atoms. The molecule has 0 amide bonds. The number of carboxylic acid groups (broad SMARTS) is 1. The third kappa shape index (κ3) is 2.77. The number of hydrogen-bond donors (Lipinski definition) is 2. The first kappa shape index (κ1) is 12.4. The van der Waals surface area contributed by atoms with Gasteiger partial charge in [0, 0.05) is 17.9 Å². The smallest absolute Gasteiger partial charge is 0.308 e. The second-order valence-electron chi connectivity index (χ2n) is 4.52. The Morgan fingerprint density at radius 3 is 3.00 bits per heavy atom. The fourth-order valence-corrected chi connectivity index (χ4v) is 2.39. The van der Waals surface area contributed by atoms with Crippen molar-refractivity contribution in [1.29, 1.82) is 5.26 Å². The highest BCUT2D eigenvalue weighted by molar-refractivity contribution is 5.72. The highest BCUT2D eigenvalue weighted by Gasteiger charge is 2.30. The molecular weight excluding hydrogens is 230 g/mol. The van der Waals surface area contributed by atoms with Crippen LogP contribution in [-0.4, -0.2) is 22.1 Å². The maximum atomic E-state index is 11.2. The molecule has 1 saturated carbocycles. The number of carbonyl (C=O) groups is 1. The van der Waals surface area contributed by atoms with Crippen molar-refractivity contribution in [3.63, 3.8) is 0 Å². The molecular formula is C13H15N3O2. The number of nitrogens with one attached hydrogen (secondary N) is 1. The second kappa shape index (κ2) is 5.50. The predicted molar refractivity (Wildman–Crippen MR) is 66.0 cm³/mol. The Hall–Kier alpha value is -2.09. The lowest BCUT2D eigenvalue weighted by atomic mass is 9.84. The standard InChI is InChI=1S/C13H15N3O2/c14-8-10-7-9(5-6-15-10)16-12-4-2-1-3-11(12)13(17)18/h5-7,11-12H,1-4H2,(H,15,16)(H,17,18). The third-order valence-electron chi connectivity index (χ3n) is 3.31. The molecule has 0 spiro atoms. The van der Waals surface area contributed by atoms with Crippen molar-refractivity contribution in [2.45, 2.75) is 31.7 Å². The minimum absolute atomic E-state index is 0.0646. The lowest BCUT2D eigenvalue weighted by Gasteiger charge is -2.30. The number of nitrogens with zero attached hydrogens (tertiary/aromatic N) is 2. The molecule has 0 aromatic carbocycles. The lowest BCUT2D eigenvalue weighted by Crippen LogP contribution is -2.37. The van der Waals surface area contributed by atoms with E-state index in [0.717, 1.165) is 24.9 Å². The molecule has 2 unspecified atom stereocenters. The Morgan fingerprint density at radius 1 is 1.50 bits per heavy atom. The Morgan fingerprint density at radius 2 is 2.28 bits per heavy atom. The molecule has 1 aliphatic carbocycles. The van der Waals surface area contributed by atoms with Gasteiger partial charge in [0.15, 0.2) is 0 Å². The Bertz CT molecular complexity index is 481. The fourth-order valence-electron chi connectivity index (χ4n) is 2.39. The fraction of sp³-hybridized carbons (Fsp3) is 0.462. The Labute approximate surface area is 105 Å². The molecule has 2 atom stereocenters. The summed E-state index contributed by atoms with van der Waals surface area (Å²) < 4.78 is 0. The van der Waals surface area contributed by atoms with E-state index < -0.39 is 5.97 Å². The monoisotopic (exact) mass is 245 g/mol. The second-order valence-corrected chi connectivity index (χ2v) is 4.52. The van der Waals surface area contributed by atoms with Gasteiger partial charge in [-0.15, -0.1) is 0 Å². The molecule has 2 rings (SSSR count). The van der Waals surface area contributed by atoms with Crippen molar-refractivity contribution in [1.82, 2.24) is 4.98 Å². The normalized spacial score (nSPS) is 23.1. The van der Waals surface area contributed by atoms with Crippen LogP contribution in [0, 0.1) is 17.2 Å². The summed E-state index contributed by atoms with van der Waals surface area (Å²) >= 11 is 0. The summed E-state index contributed by atoms with van der Waals surface area (Å²) in [5, 5.41) is 21.2. The number of aliphatic carboxylic acids is 1. The molecule has 1 aliphatic rings. The number of carboxylic acids is 1. The Kier molecular flexibility index (Phi) is 3.78. The molecule has 1 fully saturated rings. The van der Waals surface area contributed by atoms with Crippen molar-refractivity contribution >= 4 is 11.7 Å². The van der Waals surface area contributed by atoms with Gasteiger partial charge in [0.2, 0.25) is 0 Å². The summed E-state index contributed by atoms with van der Waals surface area (Å²) in [5.41, 5.74) is 1.10. The first-order chi connectivity index (χ1) is 8.70. The van der Waals surface area contributed by atoms with Crippen LogP contribution >= 0.6 is 0 Å². The van der Waals surface area contributed by atoms with Crippen molar-refractivity contribution < 1.29 is 9.90 Å². The molecule has 0 aliphatic heterocycles. The van der Waals surface area contributed by atoms with E-state index in [1.54, 1.807) is 18.3 Å². The van der Waals surface area contributed by atoms with Gasteiger partial charge in [0.05, 0.1) is 5.92 Å². The van der Waals surface area contributed by atoms with Gasteiger partial charge in [0.1, 0.15) is 11.8 Å². The van der Waals surface area contributed by atoms with E-state index >= 15 is 0 Å². The number of hydrogen-bond acceptors (Lipinski definition) is 4. The topological polar surface area (TPSA) is 86.0 Å². The summed E-state index contributed by atoms with van der Waals surface area (Å²) in [4.78, 5) is 15.1. The summed E-state index contributed by atoms with van der Waals surface area (Å²) in [6.07, 6.45) is 5.12. The minimum Gasteiger partial charge on any atom is -0.481 e. The van der Waals surface area contributed by atoms with Crippen LogP contribution < -0.4 is 5.32 Å². The zero-order valence-electron chi connectivity index (χ0n) is 9.97. The summed E-state index contributed by atoms with van der Waals surface area (Å²) in [7, 11) is 0. The van der Waals surface area contributed by atoms with Gasteiger partial charge < -0.3 is 10.4 Å². The molecule has 0 saturated heterocycles. The molecule has 0 radical (unpaired) electrons. The average Bonchev–Trinajstić information content (AvgIpc) is 2.39. The zero-order valence-corrected chi connectivity index (χ0v) is 9.97. The number of pyridine rings is 1. The SMILES string of the molecule is N#Cc1cc(NC2CCCCC2C(=O)O)ccn1. The maximum absolute atomic E-state index is 11.2. The van der Waals surface area contributed by atoms with Gasteiger partial charge >= 0.3 is 5.97 Å². The van der Waals surface area contributed by atoms with Crippen molar-refractivity contribution in [2.75, 3.05) is 5.32 Å². The first-order valence-electron chi connectivity index (χ1n) is 6.06. The quantitative estimate of drug-likeness (QED) is 0.850. The largest absolute Gasteiger partial charge is 0.481 e. The number of anilines is 1. The molecule has 94 valence electrons. The Balaban J connectivity index is 2.11. The number of rotatable bonds is 3. The molecule has 5 nitrogen and oxygen atoms in total. The van der Waals surface area contributed by atoms with Gasteiger partial charge in [-0.3, -0.25) is 4.79 Å². The van der Waals surface area contributed by atoms with E-state index in [-0.39, 0.29) is 12.0 Å². The maximum Gasteiger partial charge on any atom is 0.308 e. The van der Waals surface area contributed by atoms with Gasteiger partial charge in [-0.1, -0.05) is 12.8 Å². The molecule has 5 heteroatoms. The first-order valence-corrected chi connectivity index (χ1v) is 6.06. The highest BCUT2D eigenvalue weighted by Crippen LogP contribution is 2.27. The van der Waals surface area contributed by atoms with Crippen LogP contribution in [0.1, 0.15) is 31.4 Å². The van der Waals surface area contributed by atoms with Crippen LogP contribution in [0.15, 0.2) is 18.3 Å². The number of aromatic nitrogens is 1. The average molecular weight is 245 g/mol. The van der Waals surface area contributed by atoms with Crippen LogP contribution in [0.25, 0.3) is 0 Å². The van der Waals surface area contributed by atoms with Crippen LogP contribution in [0.2, 0.25) is 0 Å². The van der Waals surface area contributed by atoms with Gasteiger partial charge in [-0.25, -0.2) is 4.98 Å². The van der Waals surface area contributed by atoms with Crippen molar-refractivity contribution in [3.05, 3.63) is 24.0 Å². The molecule has 1 heterocycles. The van der Waals surface area contributed by atoms with E-state index in [0.29, 0.717) is 12.1 Å². The van der Waals surface area contributed by atoms with Crippen molar-refractivity contribution in [2.24, 2.45) is 5.92 Å². The lowest BCUT2D eigenvalue weighted by molar-refractivity contribution is -0.143. The van der Waals surface area contributed by atoms with Crippen LogP contribution in [0.3, 0.4) is 0 Å². The van der Waals surface area contributed by atoms with E-state index in [2.05, 4.69) is 10.3 Å². The van der Waals surface area contributed by atoms with Crippen molar-refractivity contribution in [3.8, 4) is 6.07 Å². The van der Waals surface area contributed by atoms with Gasteiger partial charge in [0.25, 0.3) is 0 Å². The molecule has 2 N–H and O–H groups in total. The molecule has 0 bridgehead atoms. The molecule has 1 aromatic rings. The summed E-state index contributed by atoms with van der Waals surface area (Å²) in [6, 6.07) is 5.31. The van der Waals surface area contributed by atoms with E-state index in [1.807, 2.05) is 6.07 Å². The summed E-state index contributed by atoms with van der Waals surface area (Å²) in [6.45, 7) is 0. The van der Waals surface area contributed by atoms with Crippen LogP contribution in [-0.2, 0) is 4.79 Å².